The minimum Gasteiger partial charge on any atom is -0.458 e. The van der Waals surface area contributed by atoms with Gasteiger partial charge in [-0.3, -0.25) is 4.98 Å². The second kappa shape index (κ2) is 7.23. The minimum absolute atomic E-state index is 0.0178. The highest BCUT2D eigenvalue weighted by Gasteiger charge is 2.05. The molecule has 3 aromatic rings. The second-order valence-electron chi connectivity index (χ2n) is 5.10. The zero-order chi connectivity index (χ0) is 16.9. The number of para-hydroxylation sites is 1. The van der Waals surface area contributed by atoms with Crippen molar-refractivity contribution >= 4 is 34.5 Å². The summed E-state index contributed by atoms with van der Waals surface area (Å²) < 4.78 is 18.1. The number of carbonyl (C=O) groups is 1. The van der Waals surface area contributed by atoms with Crippen LogP contribution < -0.4 is 0 Å². The first-order valence-electron chi connectivity index (χ1n) is 7.26. The average Bonchev–Trinajstić information content (AvgIpc) is 2.59. The molecule has 3 nitrogen and oxygen atoms in total. The quantitative estimate of drug-likeness (QED) is 0.506. The molecule has 120 valence electrons. The van der Waals surface area contributed by atoms with Gasteiger partial charge in [0.2, 0.25) is 0 Å². The third-order valence-corrected chi connectivity index (χ3v) is 3.80. The number of hydrogen-bond donors (Lipinski definition) is 0. The molecule has 0 radical (unpaired) electrons. The van der Waals surface area contributed by atoms with Crippen molar-refractivity contribution in [3.05, 3.63) is 82.8 Å². The first-order valence-corrected chi connectivity index (χ1v) is 7.64. The third-order valence-electron chi connectivity index (χ3n) is 3.45. The molecule has 1 aromatic heterocycles. The molecule has 0 N–H and O–H groups in total. The van der Waals surface area contributed by atoms with Gasteiger partial charge in [-0.2, -0.15) is 0 Å². The number of pyridine rings is 1. The molecule has 0 fully saturated rings. The molecular weight excluding hydrogens is 329 g/mol. The fourth-order valence-electron chi connectivity index (χ4n) is 2.26. The van der Waals surface area contributed by atoms with Crippen molar-refractivity contribution in [1.82, 2.24) is 4.98 Å². The van der Waals surface area contributed by atoms with E-state index in [0.29, 0.717) is 5.56 Å². The number of carbonyl (C=O) groups excluding carboxylic acids is 1. The van der Waals surface area contributed by atoms with Gasteiger partial charge in [-0.15, -0.1) is 0 Å². The Morgan fingerprint density at radius 2 is 2.04 bits per heavy atom. The highest BCUT2D eigenvalue weighted by Crippen LogP contribution is 2.19. The molecule has 0 spiro atoms. The molecule has 24 heavy (non-hydrogen) atoms. The first-order chi connectivity index (χ1) is 11.6. The molecule has 2 aromatic carbocycles. The normalized spacial score (nSPS) is 11.1. The van der Waals surface area contributed by atoms with Gasteiger partial charge >= 0.3 is 5.97 Å². The number of rotatable bonds is 4. The molecular formula is C19H13ClFNO2. The highest BCUT2D eigenvalue weighted by atomic mass is 35.5. The fourth-order valence-corrected chi connectivity index (χ4v) is 2.48. The van der Waals surface area contributed by atoms with Crippen molar-refractivity contribution in [3.8, 4) is 0 Å². The Balaban J connectivity index is 1.69. The van der Waals surface area contributed by atoms with Crippen LogP contribution in [0, 0.1) is 5.82 Å². The van der Waals surface area contributed by atoms with E-state index in [2.05, 4.69) is 4.98 Å². The summed E-state index contributed by atoms with van der Waals surface area (Å²) in [6.07, 6.45) is 4.69. The lowest BCUT2D eigenvalue weighted by atomic mass is 10.1. The molecule has 1 heterocycles. The summed E-state index contributed by atoms with van der Waals surface area (Å²) in [6.45, 7) is -0.0178. The maximum absolute atomic E-state index is 13.0. The molecule has 0 amide bonds. The van der Waals surface area contributed by atoms with E-state index >= 15 is 0 Å². The standard InChI is InChI=1S/C19H13ClFNO2/c20-17-11-16(21)8-6-15(17)12-24-18(23)9-7-14-4-1-3-13-5-2-10-22-19(13)14/h1-11H,12H2/b9-7+. The van der Waals surface area contributed by atoms with Crippen LogP contribution in [-0.4, -0.2) is 11.0 Å². The maximum Gasteiger partial charge on any atom is 0.331 e. The number of nitrogens with zero attached hydrogens (tertiary/aromatic N) is 1. The molecule has 0 aliphatic heterocycles. The van der Waals surface area contributed by atoms with Gasteiger partial charge in [-0.1, -0.05) is 41.9 Å². The van der Waals surface area contributed by atoms with Crippen molar-refractivity contribution in [3.63, 3.8) is 0 Å². The summed E-state index contributed by atoms with van der Waals surface area (Å²) in [5.41, 5.74) is 2.18. The largest absolute Gasteiger partial charge is 0.458 e. The van der Waals surface area contributed by atoms with E-state index in [-0.39, 0.29) is 11.6 Å². The molecule has 0 aliphatic rings. The van der Waals surface area contributed by atoms with Crippen LogP contribution in [-0.2, 0) is 16.1 Å². The van der Waals surface area contributed by atoms with Gasteiger partial charge in [0.05, 0.1) is 10.5 Å². The molecule has 5 heteroatoms. The summed E-state index contributed by atoms with van der Waals surface area (Å²) >= 11 is 5.89. The average molecular weight is 342 g/mol. The lowest BCUT2D eigenvalue weighted by Crippen LogP contribution is -2.01. The van der Waals surface area contributed by atoms with Gasteiger partial charge < -0.3 is 4.74 Å². The Kier molecular flexibility index (Phi) is 4.87. The van der Waals surface area contributed by atoms with Gasteiger partial charge in [-0.25, -0.2) is 9.18 Å². The van der Waals surface area contributed by atoms with Crippen LogP contribution in [0.2, 0.25) is 5.02 Å². The third kappa shape index (κ3) is 3.78. The van der Waals surface area contributed by atoms with Crippen LogP contribution in [0.5, 0.6) is 0 Å². The van der Waals surface area contributed by atoms with Gasteiger partial charge in [0.25, 0.3) is 0 Å². The van der Waals surface area contributed by atoms with Crippen molar-refractivity contribution in [1.29, 1.82) is 0 Å². The van der Waals surface area contributed by atoms with E-state index in [1.807, 2.05) is 30.3 Å². The van der Waals surface area contributed by atoms with Crippen molar-refractivity contribution in [2.24, 2.45) is 0 Å². The van der Waals surface area contributed by atoms with Gasteiger partial charge in [0.1, 0.15) is 12.4 Å². The molecule has 0 aliphatic carbocycles. The molecule has 3 rings (SSSR count). The Labute approximate surface area is 143 Å². The van der Waals surface area contributed by atoms with E-state index in [9.17, 15) is 9.18 Å². The number of hydrogen-bond acceptors (Lipinski definition) is 3. The van der Waals surface area contributed by atoms with Crippen molar-refractivity contribution < 1.29 is 13.9 Å². The van der Waals surface area contributed by atoms with Crippen LogP contribution in [0.1, 0.15) is 11.1 Å². The zero-order valence-electron chi connectivity index (χ0n) is 12.6. The molecule has 0 saturated heterocycles. The molecule has 0 atom stereocenters. The topological polar surface area (TPSA) is 39.2 Å². The van der Waals surface area contributed by atoms with Crippen LogP contribution in [0.25, 0.3) is 17.0 Å². The van der Waals surface area contributed by atoms with Crippen molar-refractivity contribution in [2.75, 3.05) is 0 Å². The van der Waals surface area contributed by atoms with Crippen LogP contribution >= 0.6 is 11.6 Å². The lowest BCUT2D eigenvalue weighted by molar-refractivity contribution is -0.138. The highest BCUT2D eigenvalue weighted by molar-refractivity contribution is 6.31. The SMILES string of the molecule is O=C(/C=C/c1cccc2cccnc12)OCc1ccc(F)cc1Cl. The van der Waals surface area contributed by atoms with Gasteiger partial charge in [0.15, 0.2) is 0 Å². The lowest BCUT2D eigenvalue weighted by Gasteiger charge is -2.05. The number of aromatic nitrogens is 1. The summed E-state index contributed by atoms with van der Waals surface area (Å²) in [7, 11) is 0. The summed E-state index contributed by atoms with van der Waals surface area (Å²) in [5.74, 6) is -0.943. The Morgan fingerprint density at radius 3 is 2.88 bits per heavy atom. The summed E-state index contributed by atoms with van der Waals surface area (Å²) in [5, 5.41) is 1.22. The van der Waals surface area contributed by atoms with Crippen LogP contribution in [0.4, 0.5) is 4.39 Å². The Morgan fingerprint density at radius 1 is 1.21 bits per heavy atom. The predicted molar refractivity (Wildman–Crippen MR) is 92.0 cm³/mol. The number of fused-ring (bicyclic) bond motifs is 1. The smallest absolute Gasteiger partial charge is 0.331 e. The number of halogens is 2. The van der Waals surface area contributed by atoms with E-state index in [1.54, 1.807) is 12.3 Å². The minimum atomic E-state index is -0.511. The predicted octanol–water partition coefficient (Wildman–Crippen LogP) is 4.78. The number of ether oxygens (including phenoxy) is 1. The molecule has 0 unspecified atom stereocenters. The van der Waals surface area contributed by atoms with E-state index in [4.69, 9.17) is 16.3 Å². The molecule has 0 bridgehead atoms. The van der Waals surface area contributed by atoms with E-state index in [1.165, 1.54) is 24.3 Å². The van der Waals surface area contributed by atoms with Gasteiger partial charge in [-0.05, 0) is 24.3 Å². The number of benzene rings is 2. The maximum atomic E-state index is 13.0. The van der Waals surface area contributed by atoms with E-state index < -0.39 is 11.8 Å². The summed E-state index contributed by atoms with van der Waals surface area (Å²) in [6, 6.07) is 13.5. The molecule has 0 saturated carbocycles. The first kappa shape index (κ1) is 16.1. The van der Waals surface area contributed by atoms with Crippen LogP contribution in [0.15, 0.2) is 60.8 Å². The monoisotopic (exact) mass is 341 g/mol. The van der Waals surface area contributed by atoms with E-state index in [0.717, 1.165) is 16.5 Å². The fraction of sp³-hybridized carbons (Fsp3) is 0.0526. The number of esters is 1. The van der Waals surface area contributed by atoms with Crippen LogP contribution in [0.3, 0.4) is 0 Å². The Bertz CT molecular complexity index is 919. The second-order valence-corrected chi connectivity index (χ2v) is 5.51. The van der Waals surface area contributed by atoms with Crippen molar-refractivity contribution in [2.45, 2.75) is 6.61 Å². The summed E-state index contributed by atoms with van der Waals surface area (Å²) in [4.78, 5) is 16.2. The zero-order valence-corrected chi connectivity index (χ0v) is 13.3. The van der Waals surface area contributed by atoms with Gasteiger partial charge in [0, 0.05) is 28.8 Å². The Hall–Kier alpha value is -2.72.